The van der Waals surface area contributed by atoms with Gasteiger partial charge in [0, 0.05) is 17.1 Å². The molecule has 1 amide bonds. The molecule has 1 aliphatic rings. The monoisotopic (exact) mass is 354 g/mol. The number of aryl methyl sites for hydroxylation is 1. The topological polar surface area (TPSA) is 83.9 Å². The zero-order valence-electron chi connectivity index (χ0n) is 13.9. The summed E-state index contributed by atoms with van der Waals surface area (Å²) in [5.74, 6) is 0.515. The standard InChI is InChI=1S/C17H18N6OS/c1-11-21-22-17(25-11)13-6-12-7-15(19-9-14(12)18-8-13)20-16(24)10-23-4-2-3-5-23/h6-9H,2-5,10H2,1H3,(H,19,20,24). The van der Waals surface area contributed by atoms with E-state index < -0.39 is 0 Å². The minimum atomic E-state index is -0.0300. The molecule has 8 heteroatoms. The molecule has 1 N–H and O–H groups in total. The smallest absolute Gasteiger partial charge is 0.239 e. The highest BCUT2D eigenvalue weighted by Gasteiger charge is 2.15. The average molecular weight is 354 g/mol. The highest BCUT2D eigenvalue weighted by molar-refractivity contribution is 7.14. The van der Waals surface area contributed by atoms with Crippen LogP contribution < -0.4 is 5.32 Å². The fourth-order valence-corrected chi connectivity index (χ4v) is 3.63. The van der Waals surface area contributed by atoms with Crippen LogP contribution in [0.1, 0.15) is 17.8 Å². The quantitative estimate of drug-likeness (QED) is 0.775. The van der Waals surface area contributed by atoms with Gasteiger partial charge in [0.1, 0.15) is 15.8 Å². The summed E-state index contributed by atoms with van der Waals surface area (Å²) in [6, 6.07) is 3.85. The second kappa shape index (κ2) is 6.81. The molecule has 1 saturated heterocycles. The molecular weight excluding hydrogens is 336 g/mol. The van der Waals surface area contributed by atoms with E-state index in [1.165, 1.54) is 24.2 Å². The number of nitrogens with one attached hydrogen (secondary N) is 1. The average Bonchev–Trinajstić information content (AvgIpc) is 3.26. The molecule has 0 radical (unpaired) electrons. The Balaban J connectivity index is 1.54. The fourth-order valence-electron chi connectivity index (χ4n) is 2.96. The Morgan fingerprint density at radius 1 is 1.20 bits per heavy atom. The van der Waals surface area contributed by atoms with Gasteiger partial charge in [-0.1, -0.05) is 11.3 Å². The third kappa shape index (κ3) is 3.64. The summed E-state index contributed by atoms with van der Waals surface area (Å²) in [5.41, 5.74) is 1.70. The molecule has 4 heterocycles. The molecule has 25 heavy (non-hydrogen) atoms. The summed E-state index contributed by atoms with van der Waals surface area (Å²) in [7, 11) is 0. The first-order valence-electron chi connectivity index (χ1n) is 8.26. The molecular formula is C17H18N6OS. The Bertz CT molecular complexity index is 918. The lowest BCUT2D eigenvalue weighted by Gasteiger charge is -2.13. The lowest BCUT2D eigenvalue weighted by atomic mass is 10.2. The van der Waals surface area contributed by atoms with Crippen molar-refractivity contribution < 1.29 is 4.79 Å². The van der Waals surface area contributed by atoms with E-state index in [0.717, 1.165) is 39.6 Å². The van der Waals surface area contributed by atoms with Crippen LogP contribution >= 0.6 is 11.3 Å². The molecule has 0 bridgehead atoms. The number of hydrogen-bond acceptors (Lipinski definition) is 7. The van der Waals surface area contributed by atoms with E-state index in [9.17, 15) is 4.79 Å². The van der Waals surface area contributed by atoms with Crippen molar-refractivity contribution in [2.24, 2.45) is 0 Å². The molecule has 128 valence electrons. The predicted octanol–water partition coefficient (Wildman–Crippen LogP) is 2.49. The van der Waals surface area contributed by atoms with Gasteiger partial charge in [0.2, 0.25) is 5.91 Å². The van der Waals surface area contributed by atoms with Gasteiger partial charge in [-0.25, -0.2) is 4.98 Å². The lowest BCUT2D eigenvalue weighted by molar-refractivity contribution is -0.117. The van der Waals surface area contributed by atoms with Crippen molar-refractivity contribution in [1.82, 2.24) is 25.1 Å². The first-order chi connectivity index (χ1) is 12.2. The maximum Gasteiger partial charge on any atom is 0.239 e. The molecule has 4 rings (SSSR count). The Morgan fingerprint density at radius 3 is 2.80 bits per heavy atom. The number of hydrogen-bond donors (Lipinski definition) is 1. The van der Waals surface area contributed by atoms with Crippen LogP contribution in [0.5, 0.6) is 0 Å². The van der Waals surface area contributed by atoms with Crippen molar-refractivity contribution in [3.8, 4) is 10.6 Å². The van der Waals surface area contributed by atoms with Crippen molar-refractivity contribution in [2.75, 3.05) is 25.0 Å². The Morgan fingerprint density at radius 2 is 2.04 bits per heavy atom. The zero-order valence-corrected chi connectivity index (χ0v) is 14.7. The Hall–Kier alpha value is -2.45. The number of likely N-dealkylation sites (tertiary alicyclic amines) is 1. The van der Waals surface area contributed by atoms with E-state index in [2.05, 4.69) is 30.4 Å². The van der Waals surface area contributed by atoms with Crippen molar-refractivity contribution in [3.05, 3.63) is 29.5 Å². The highest BCUT2D eigenvalue weighted by Crippen LogP contribution is 2.26. The number of carbonyl (C=O) groups excluding carboxylic acids is 1. The molecule has 3 aromatic rings. The summed E-state index contributed by atoms with van der Waals surface area (Å²) in [6.45, 7) is 4.33. The minimum Gasteiger partial charge on any atom is -0.310 e. The number of fused-ring (bicyclic) bond motifs is 1. The number of aromatic nitrogens is 4. The van der Waals surface area contributed by atoms with Crippen LogP contribution in [0.3, 0.4) is 0 Å². The molecule has 7 nitrogen and oxygen atoms in total. The molecule has 0 unspecified atom stereocenters. The van der Waals surface area contributed by atoms with E-state index in [4.69, 9.17) is 0 Å². The normalized spacial score (nSPS) is 14.9. The van der Waals surface area contributed by atoms with E-state index in [1.54, 1.807) is 12.4 Å². The maximum atomic E-state index is 12.2. The number of amides is 1. The molecule has 1 aliphatic heterocycles. The maximum absolute atomic E-state index is 12.2. The molecule has 0 spiro atoms. The van der Waals surface area contributed by atoms with Crippen molar-refractivity contribution in [3.63, 3.8) is 0 Å². The lowest BCUT2D eigenvalue weighted by Crippen LogP contribution is -2.31. The number of nitrogens with zero attached hydrogens (tertiary/aromatic N) is 5. The van der Waals surface area contributed by atoms with Crippen molar-refractivity contribution in [1.29, 1.82) is 0 Å². The minimum absolute atomic E-state index is 0.0300. The number of anilines is 1. The van der Waals surface area contributed by atoms with Crippen LogP contribution in [0, 0.1) is 6.92 Å². The van der Waals surface area contributed by atoms with Gasteiger partial charge in [-0.3, -0.25) is 14.7 Å². The second-order valence-electron chi connectivity index (χ2n) is 6.14. The second-order valence-corrected chi connectivity index (χ2v) is 7.33. The third-order valence-electron chi connectivity index (χ3n) is 4.17. The van der Waals surface area contributed by atoms with Crippen molar-refractivity contribution >= 4 is 34.0 Å². The first-order valence-corrected chi connectivity index (χ1v) is 9.07. The van der Waals surface area contributed by atoms with Crippen LogP contribution in [0.25, 0.3) is 21.5 Å². The van der Waals surface area contributed by atoms with Crippen LogP contribution in [0.4, 0.5) is 5.82 Å². The number of rotatable bonds is 4. The van der Waals surface area contributed by atoms with Gasteiger partial charge in [0.15, 0.2) is 0 Å². The van der Waals surface area contributed by atoms with Crippen LogP contribution in [-0.2, 0) is 4.79 Å². The molecule has 0 atom stereocenters. The zero-order chi connectivity index (χ0) is 17.2. The largest absolute Gasteiger partial charge is 0.310 e. The summed E-state index contributed by atoms with van der Waals surface area (Å²) in [4.78, 5) is 23.0. The Kier molecular flexibility index (Phi) is 4.37. The van der Waals surface area contributed by atoms with Gasteiger partial charge < -0.3 is 5.32 Å². The van der Waals surface area contributed by atoms with Crippen LogP contribution in [-0.4, -0.2) is 50.6 Å². The summed E-state index contributed by atoms with van der Waals surface area (Å²) in [6.07, 6.45) is 5.79. The molecule has 0 aromatic carbocycles. The molecule has 1 fully saturated rings. The fraction of sp³-hybridized carbons (Fsp3) is 0.353. The molecule has 0 saturated carbocycles. The van der Waals surface area contributed by atoms with Gasteiger partial charge in [-0.15, -0.1) is 10.2 Å². The first kappa shape index (κ1) is 16.0. The Labute approximate surface area is 149 Å². The van der Waals surface area contributed by atoms with E-state index in [0.29, 0.717) is 12.4 Å². The van der Waals surface area contributed by atoms with Crippen LogP contribution in [0.15, 0.2) is 24.5 Å². The van der Waals surface area contributed by atoms with E-state index in [1.807, 2.05) is 19.1 Å². The predicted molar refractivity (Wildman–Crippen MR) is 97.5 cm³/mol. The number of carbonyl (C=O) groups is 1. The van der Waals surface area contributed by atoms with Gasteiger partial charge >= 0.3 is 0 Å². The number of pyridine rings is 2. The van der Waals surface area contributed by atoms with Crippen LogP contribution in [0.2, 0.25) is 0 Å². The SMILES string of the molecule is Cc1nnc(-c2cnc3cnc(NC(=O)CN4CCCC4)cc3c2)s1. The van der Waals surface area contributed by atoms with Gasteiger partial charge in [-0.2, -0.15) is 0 Å². The van der Waals surface area contributed by atoms with Gasteiger partial charge in [0.05, 0.1) is 18.3 Å². The highest BCUT2D eigenvalue weighted by atomic mass is 32.1. The molecule has 3 aromatic heterocycles. The van der Waals surface area contributed by atoms with Crippen molar-refractivity contribution in [2.45, 2.75) is 19.8 Å². The summed E-state index contributed by atoms with van der Waals surface area (Å²) < 4.78 is 0. The van der Waals surface area contributed by atoms with Gasteiger partial charge in [-0.05, 0) is 45.0 Å². The van der Waals surface area contributed by atoms with E-state index in [-0.39, 0.29) is 5.91 Å². The summed E-state index contributed by atoms with van der Waals surface area (Å²) >= 11 is 1.53. The molecule has 0 aliphatic carbocycles. The third-order valence-corrected chi connectivity index (χ3v) is 5.06. The van der Waals surface area contributed by atoms with E-state index >= 15 is 0 Å². The van der Waals surface area contributed by atoms with Gasteiger partial charge in [0.25, 0.3) is 0 Å². The summed E-state index contributed by atoms with van der Waals surface area (Å²) in [5, 5.41) is 13.8.